The van der Waals surface area contributed by atoms with E-state index in [2.05, 4.69) is 0 Å². The molecule has 1 N–H and O–H groups in total. The second kappa shape index (κ2) is 8.99. The molecular formula is C24H25Cl3N4O2. The van der Waals surface area contributed by atoms with Crippen LogP contribution in [-0.2, 0) is 4.79 Å². The molecule has 2 unspecified atom stereocenters. The molecule has 2 aromatic carbocycles. The molecule has 2 fully saturated rings. The molecule has 0 bridgehead atoms. The van der Waals surface area contributed by atoms with Gasteiger partial charge in [-0.3, -0.25) is 9.80 Å². The number of aromatic hydroxyl groups is 1. The Kier molecular flexibility index (Phi) is 6.21. The highest BCUT2D eigenvalue weighted by atomic mass is 35.5. The third-order valence-electron chi connectivity index (χ3n) is 7.12. The van der Waals surface area contributed by atoms with Crippen molar-refractivity contribution in [3.8, 4) is 5.75 Å². The smallest absolute Gasteiger partial charge is 0.299 e. The number of anilines is 1. The minimum Gasteiger partial charge on any atom is -0.508 e. The van der Waals surface area contributed by atoms with Crippen LogP contribution in [0.1, 0.15) is 37.8 Å². The molecule has 1 saturated heterocycles. The van der Waals surface area contributed by atoms with E-state index in [4.69, 9.17) is 40.1 Å². The highest BCUT2D eigenvalue weighted by Gasteiger charge is 2.44. The lowest BCUT2D eigenvalue weighted by Gasteiger charge is -2.28. The van der Waals surface area contributed by atoms with Gasteiger partial charge in [0.2, 0.25) is 0 Å². The zero-order valence-corrected chi connectivity index (χ0v) is 20.4. The third-order valence-corrected chi connectivity index (χ3v) is 8.02. The number of fused-ring (bicyclic) bond motifs is 1. The molecule has 0 spiro atoms. The van der Waals surface area contributed by atoms with Crippen LogP contribution < -0.4 is 5.01 Å². The summed E-state index contributed by atoms with van der Waals surface area (Å²) in [6.07, 6.45) is 3.65. The van der Waals surface area contributed by atoms with Crippen molar-refractivity contribution >= 4 is 52.3 Å². The number of nitrogens with zero attached hydrogens (tertiary/aromatic N) is 4. The summed E-state index contributed by atoms with van der Waals surface area (Å²) in [7, 11) is 0. The standard InChI is InChI=1S/C24H25Cl3N4O2/c1-14-22(24(33)31(27)29-12-16-3-2-4-17(16)13-29)28-30(21-10-7-18(25)11-20(21)26)23(14)15-5-8-19(32)9-6-15/h5-11,14,16-17,23,32H,2-4,12-13H2,1H3/t14-,16?,17?,23+/m1/s1. The summed E-state index contributed by atoms with van der Waals surface area (Å²) in [5, 5.41) is 19.2. The lowest BCUT2D eigenvalue weighted by Crippen LogP contribution is -2.43. The molecule has 4 atom stereocenters. The molecule has 2 aromatic rings. The summed E-state index contributed by atoms with van der Waals surface area (Å²) >= 11 is 19.2. The van der Waals surface area contributed by atoms with Crippen LogP contribution in [0.15, 0.2) is 47.6 Å². The second-order valence-corrected chi connectivity index (χ2v) is 10.3. The first-order valence-corrected chi connectivity index (χ1v) is 12.3. The van der Waals surface area contributed by atoms with Gasteiger partial charge in [-0.1, -0.05) is 48.7 Å². The summed E-state index contributed by atoms with van der Waals surface area (Å²) in [4.78, 5) is 13.5. The fraction of sp³-hybridized carbons (Fsp3) is 0.417. The largest absolute Gasteiger partial charge is 0.508 e. The lowest BCUT2D eigenvalue weighted by molar-refractivity contribution is -0.129. The van der Waals surface area contributed by atoms with Gasteiger partial charge in [0.25, 0.3) is 5.91 Å². The van der Waals surface area contributed by atoms with E-state index in [1.807, 2.05) is 24.1 Å². The Labute approximate surface area is 208 Å². The zero-order chi connectivity index (χ0) is 23.3. The van der Waals surface area contributed by atoms with E-state index >= 15 is 0 Å². The molecule has 0 aromatic heterocycles. The van der Waals surface area contributed by atoms with Crippen molar-refractivity contribution in [1.82, 2.24) is 9.54 Å². The number of halogens is 3. The van der Waals surface area contributed by atoms with E-state index < -0.39 is 0 Å². The molecule has 2 heterocycles. The Balaban J connectivity index is 1.47. The molecule has 1 aliphatic carbocycles. The van der Waals surface area contributed by atoms with E-state index in [1.165, 1.54) is 23.8 Å². The van der Waals surface area contributed by atoms with Crippen LogP contribution in [0, 0.1) is 17.8 Å². The van der Waals surface area contributed by atoms with Crippen molar-refractivity contribution in [3.63, 3.8) is 0 Å². The van der Waals surface area contributed by atoms with E-state index in [0.717, 1.165) is 18.7 Å². The molecule has 0 radical (unpaired) electrons. The van der Waals surface area contributed by atoms with Crippen LogP contribution in [-0.4, -0.2) is 39.4 Å². The minimum atomic E-state index is -0.319. The van der Waals surface area contributed by atoms with Crippen LogP contribution in [0.3, 0.4) is 0 Å². The summed E-state index contributed by atoms with van der Waals surface area (Å²) in [6.45, 7) is 3.56. The van der Waals surface area contributed by atoms with Gasteiger partial charge in [0, 0.05) is 35.8 Å². The SMILES string of the molecule is C[C@@H]1C(C(=O)N(Cl)N2CC3CCCC3C2)=NN(c2ccc(Cl)cc2Cl)[C@@H]1c1ccc(O)cc1. The highest BCUT2D eigenvalue weighted by Crippen LogP contribution is 2.44. The first-order chi connectivity index (χ1) is 15.8. The lowest BCUT2D eigenvalue weighted by atomic mass is 9.91. The topological polar surface area (TPSA) is 59.4 Å². The first kappa shape index (κ1) is 22.8. The number of hydrazine groups is 1. The Bertz CT molecular complexity index is 1080. The van der Waals surface area contributed by atoms with E-state index in [-0.39, 0.29) is 23.6 Å². The summed E-state index contributed by atoms with van der Waals surface area (Å²) in [5.41, 5.74) is 1.91. The Morgan fingerprint density at radius 2 is 1.76 bits per heavy atom. The van der Waals surface area contributed by atoms with Gasteiger partial charge in [-0.25, -0.2) is 5.01 Å². The molecule has 33 heavy (non-hydrogen) atoms. The number of benzene rings is 2. The molecule has 3 aliphatic rings. The Morgan fingerprint density at radius 3 is 2.39 bits per heavy atom. The monoisotopic (exact) mass is 506 g/mol. The Morgan fingerprint density at radius 1 is 1.09 bits per heavy atom. The van der Waals surface area contributed by atoms with Gasteiger partial charge < -0.3 is 5.11 Å². The van der Waals surface area contributed by atoms with Crippen LogP contribution in [0.2, 0.25) is 10.0 Å². The van der Waals surface area contributed by atoms with Crippen LogP contribution in [0.5, 0.6) is 5.75 Å². The highest BCUT2D eigenvalue weighted by molar-refractivity contribution is 6.46. The number of hydrogen-bond acceptors (Lipinski definition) is 5. The van der Waals surface area contributed by atoms with Gasteiger partial charge in [0.1, 0.15) is 11.5 Å². The second-order valence-electron chi connectivity index (χ2n) is 9.14. The normalized spacial score (nSPS) is 27.0. The number of hydrogen-bond donors (Lipinski definition) is 1. The van der Waals surface area contributed by atoms with Crippen molar-refractivity contribution in [2.75, 3.05) is 18.1 Å². The average molecular weight is 508 g/mol. The number of carbonyl (C=O) groups is 1. The fourth-order valence-electron chi connectivity index (χ4n) is 5.42. The third kappa shape index (κ3) is 4.18. The maximum absolute atomic E-state index is 13.5. The van der Waals surface area contributed by atoms with Gasteiger partial charge >= 0.3 is 0 Å². The van der Waals surface area contributed by atoms with E-state index in [1.54, 1.807) is 35.3 Å². The van der Waals surface area contributed by atoms with Crippen LogP contribution in [0.4, 0.5) is 5.69 Å². The minimum absolute atomic E-state index is 0.171. The van der Waals surface area contributed by atoms with Gasteiger partial charge in [-0.05, 0) is 60.6 Å². The molecule has 1 saturated carbocycles. The molecule has 9 heteroatoms. The zero-order valence-electron chi connectivity index (χ0n) is 18.2. The number of carbonyl (C=O) groups excluding carboxylic acids is 1. The van der Waals surface area contributed by atoms with Gasteiger partial charge in [0.05, 0.1) is 16.8 Å². The summed E-state index contributed by atoms with van der Waals surface area (Å²) in [6, 6.07) is 11.8. The van der Waals surface area contributed by atoms with Crippen molar-refractivity contribution < 1.29 is 9.90 Å². The molecule has 1 amide bonds. The van der Waals surface area contributed by atoms with Crippen molar-refractivity contribution in [2.24, 2.45) is 22.9 Å². The van der Waals surface area contributed by atoms with E-state index in [9.17, 15) is 9.90 Å². The van der Waals surface area contributed by atoms with Crippen molar-refractivity contribution in [3.05, 3.63) is 58.1 Å². The number of hydrazone groups is 1. The Hall–Kier alpha value is -1.99. The number of amides is 1. The first-order valence-electron chi connectivity index (χ1n) is 11.2. The molecule has 6 nitrogen and oxygen atoms in total. The van der Waals surface area contributed by atoms with Gasteiger partial charge in [-0.2, -0.15) is 9.63 Å². The average Bonchev–Trinajstić information content (AvgIpc) is 3.47. The van der Waals surface area contributed by atoms with Crippen molar-refractivity contribution in [2.45, 2.75) is 32.2 Å². The van der Waals surface area contributed by atoms with Crippen molar-refractivity contribution in [1.29, 1.82) is 0 Å². The molecule has 2 aliphatic heterocycles. The predicted molar refractivity (Wildman–Crippen MR) is 131 cm³/mol. The predicted octanol–water partition coefficient (Wildman–Crippen LogP) is 5.88. The van der Waals surface area contributed by atoms with Crippen LogP contribution in [0.25, 0.3) is 0 Å². The maximum Gasteiger partial charge on any atom is 0.299 e. The number of phenolic OH excluding ortho intramolecular Hbond substituents is 1. The molecule has 174 valence electrons. The molecule has 5 rings (SSSR count). The fourth-order valence-corrected chi connectivity index (χ4v) is 6.12. The summed E-state index contributed by atoms with van der Waals surface area (Å²) in [5.74, 6) is 0.800. The van der Waals surface area contributed by atoms with Gasteiger partial charge in [0.15, 0.2) is 0 Å². The van der Waals surface area contributed by atoms with Gasteiger partial charge in [-0.15, -0.1) is 0 Å². The van der Waals surface area contributed by atoms with Crippen LogP contribution >= 0.6 is 35.0 Å². The maximum atomic E-state index is 13.5. The number of phenols is 1. The quantitative estimate of drug-likeness (QED) is 0.525. The summed E-state index contributed by atoms with van der Waals surface area (Å²) < 4.78 is 1.23. The number of rotatable bonds is 4. The molecular weight excluding hydrogens is 483 g/mol. The van der Waals surface area contributed by atoms with E-state index in [0.29, 0.717) is 33.3 Å².